The third-order valence-electron chi connectivity index (χ3n) is 2.03. The molecule has 0 bridgehead atoms. The van der Waals surface area contributed by atoms with Crippen molar-refractivity contribution in [1.82, 2.24) is 14.8 Å². The Morgan fingerprint density at radius 1 is 1.64 bits per heavy atom. The Morgan fingerprint density at radius 3 is 2.93 bits per heavy atom. The highest BCUT2D eigenvalue weighted by Crippen LogP contribution is 2.21. The summed E-state index contributed by atoms with van der Waals surface area (Å²) in [4.78, 5) is 0. The van der Waals surface area contributed by atoms with E-state index in [0.717, 1.165) is 22.2 Å². The van der Waals surface area contributed by atoms with Crippen molar-refractivity contribution in [2.24, 2.45) is 13.0 Å². The SMILES string of the molecule is CCCC(CBr)CSc1nncn1C. The van der Waals surface area contributed by atoms with Gasteiger partial charge in [0.05, 0.1) is 0 Å². The quantitative estimate of drug-likeness (QED) is 0.592. The van der Waals surface area contributed by atoms with Gasteiger partial charge in [-0.1, -0.05) is 41.0 Å². The Balaban J connectivity index is 2.35. The predicted molar refractivity (Wildman–Crippen MR) is 63.9 cm³/mol. The molecule has 0 spiro atoms. The molecule has 1 unspecified atom stereocenters. The van der Waals surface area contributed by atoms with Gasteiger partial charge >= 0.3 is 0 Å². The van der Waals surface area contributed by atoms with Crippen molar-refractivity contribution in [2.75, 3.05) is 11.1 Å². The van der Waals surface area contributed by atoms with E-state index in [0.29, 0.717) is 0 Å². The highest BCUT2D eigenvalue weighted by molar-refractivity contribution is 9.09. The van der Waals surface area contributed by atoms with Crippen LogP contribution in [0.2, 0.25) is 0 Å². The summed E-state index contributed by atoms with van der Waals surface area (Å²) in [5.41, 5.74) is 0. The lowest BCUT2D eigenvalue weighted by atomic mass is 10.1. The van der Waals surface area contributed by atoms with Crippen LogP contribution < -0.4 is 0 Å². The monoisotopic (exact) mass is 277 g/mol. The Labute approximate surface area is 97.8 Å². The molecule has 80 valence electrons. The summed E-state index contributed by atoms with van der Waals surface area (Å²) in [6.45, 7) is 2.22. The largest absolute Gasteiger partial charge is 0.312 e. The third kappa shape index (κ3) is 3.61. The minimum Gasteiger partial charge on any atom is -0.312 e. The van der Waals surface area contributed by atoms with Crippen molar-refractivity contribution in [3.63, 3.8) is 0 Å². The molecule has 1 aromatic rings. The second kappa shape index (κ2) is 6.45. The summed E-state index contributed by atoms with van der Waals surface area (Å²) >= 11 is 5.33. The molecule has 3 nitrogen and oxygen atoms in total. The van der Waals surface area contributed by atoms with Gasteiger partial charge in [-0.2, -0.15) is 0 Å². The van der Waals surface area contributed by atoms with E-state index in [1.54, 1.807) is 18.1 Å². The minimum atomic E-state index is 0.738. The zero-order chi connectivity index (χ0) is 10.4. The summed E-state index contributed by atoms with van der Waals surface area (Å²) in [6.07, 6.45) is 4.26. The van der Waals surface area contributed by atoms with Gasteiger partial charge in [0.2, 0.25) is 0 Å². The smallest absolute Gasteiger partial charge is 0.190 e. The number of aryl methyl sites for hydroxylation is 1. The molecule has 0 aliphatic heterocycles. The third-order valence-corrected chi connectivity index (χ3v) is 4.21. The second-order valence-corrected chi connectivity index (χ2v) is 4.98. The molecule has 1 rings (SSSR count). The summed E-state index contributed by atoms with van der Waals surface area (Å²) in [5.74, 6) is 1.85. The van der Waals surface area contributed by atoms with Crippen LogP contribution in [0.4, 0.5) is 0 Å². The first kappa shape index (κ1) is 12.0. The molecule has 0 amide bonds. The van der Waals surface area contributed by atoms with E-state index in [-0.39, 0.29) is 0 Å². The molecule has 1 aromatic heterocycles. The van der Waals surface area contributed by atoms with Crippen LogP contribution in [0.25, 0.3) is 0 Å². The Morgan fingerprint density at radius 2 is 2.43 bits per heavy atom. The maximum Gasteiger partial charge on any atom is 0.190 e. The van der Waals surface area contributed by atoms with Crippen molar-refractivity contribution in [3.05, 3.63) is 6.33 Å². The van der Waals surface area contributed by atoms with E-state index in [2.05, 4.69) is 33.1 Å². The predicted octanol–water partition coefficient (Wildman–Crippen LogP) is 2.72. The molecular weight excluding hydrogens is 262 g/mol. The molecular formula is C9H16BrN3S. The van der Waals surface area contributed by atoms with Gasteiger partial charge in [0.15, 0.2) is 5.16 Å². The van der Waals surface area contributed by atoms with Crippen LogP contribution in [0.3, 0.4) is 0 Å². The van der Waals surface area contributed by atoms with Gasteiger partial charge < -0.3 is 4.57 Å². The zero-order valence-electron chi connectivity index (χ0n) is 8.61. The van der Waals surface area contributed by atoms with Gasteiger partial charge in [-0.05, 0) is 12.3 Å². The number of thioether (sulfide) groups is 1. The summed E-state index contributed by atoms with van der Waals surface area (Å²) in [5, 5.41) is 9.98. The first-order valence-corrected chi connectivity index (χ1v) is 6.91. The minimum absolute atomic E-state index is 0.738. The normalized spacial score (nSPS) is 13.1. The van der Waals surface area contributed by atoms with E-state index in [9.17, 15) is 0 Å². The number of aromatic nitrogens is 3. The fraction of sp³-hybridized carbons (Fsp3) is 0.778. The number of hydrogen-bond donors (Lipinski definition) is 0. The molecule has 0 N–H and O–H groups in total. The van der Waals surface area contributed by atoms with Crippen LogP contribution in [-0.4, -0.2) is 25.8 Å². The van der Waals surface area contributed by atoms with Crippen molar-refractivity contribution in [3.8, 4) is 0 Å². The van der Waals surface area contributed by atoms with E-state index < -0.39 is 0 Å². The van der Waals surface area contributed by atoms with E-state index in [1.165, 1.54) is 12.8 Å². The number of halogens is 1. The maximum absolute atomic E-state index is 4.04. The number of nitrogens with zero attached hydrogens (tertiary/aromatic N) is 3. The standard InChI is InChI=1S/C9H16BrN3S/c1-3-4-8(5-10)6-14-9-12-11-7-13(9)2/h7-8H,3-6H2,1-2H3. The lowest BCUT2D eigenvalue weighted by Crippen LogP contribution is -2.05. The van der Waals surface area contributed by atoms with Crippen LogP contribution in [0, 0.1) is 5.92 Å². The molecule has 1 heterocycles. The van der Waals surface area contributed by atoms with Gasteiger partial charge in [-0.15, -0.1) is 10.2 Å². The van der Waals surface area contributed by atoms with Gasteiger partial charge in [-0.3, -0.25) is 0 Å². The number of alkyl halides is 1. The van der Waals surface area contributed by atoms with Crippen LogP contribution in [0.1, 0.15) is 19.8 Å². The Hall–Kier alpha value is -0.0300. The fourth-order valence-electron chi connectivity index (χ4n) is 1.21. The number of hydrogen-bond acceptors (Lipinski definition) is 3. The average Bonchev–Trinajstić information content (AvgIpc) is 2.59. The molecule has 5 heteroatoms. The van der Waals surface area contributed by atoms with Gasteiger partial charge in [-0.25, -0.2) is 0 Å². The van der Waals surface area contributed by atoms with Crippen molar-refractivity contribution in [1.29, 1.82) is 0 Å². The molecule has 14 heavy (non-hydrogen) atoms. The van der Waals surface area contributed by atoms with Gasteiger partial charge in [0, 0.05) is 18.1 Å². The lowest BCUT2D eigenvalue weighted by molar-refractivity contribution is 0.596. The average molecular weight is 278 g/mol. The first-order chi connectivity index (χ1) is 6.77. The fourth-order valence-corrected chi connectivity index (χ4v) is 3.09. The highest BCUT2D eigenvalue weighted by atomic mass is 79.9. The molecule has 0 saturated carbocycles. The van der Waals surface area contributed by atoms with E-state index in [1.807, 2.05) is 11.6 Å². The van der Waals surface area contributed by atoms with Crippen LogP contribution in [0.5, 0.6) is 0 Å². The van der Waals surface area contributed by atoms with E-state index in [4.69, 9.17) is 0 Å². The van der Waals surface area contributed by atoms with Crippen LogP contribution in [-0.2, 0) is 7.05 Å². The second-order valence-electron chi connectivity index (χ2n) is 3.34. The Kier molecular flexibility index (Phi) is 5.55. The van der Waals surface area contributed by atoms with Crippen LogP contribution in [0.15, 0.2) is 11.5 Å². The van der Waals surface area contributed by atoms with E-state index >= 15 is 0 Å². The topological polar surface area (TPSA) is 30.7 Å². The maximum atomic E-state index is 4.04. The molecule has 0 aliphatic carbocycles. The number of rotatable bonds is 6. The summed E-state index contributed by atoms with van der Waals surface area (Å²) < 4.78 is 1.96. The first-order valence-electron chi connectivity index (χ1n) is 4.80. The van der Waals surface area contributed by atoms with Crippen molar-refractivity contribution >= 4 is 27.7 Å². The zero-order valence-corrected chi connectivity index (χ0v) is 11.0. The molecule has 0 fully saturated rings. The van der Waals surface area contributed by atoms with Gasteiger partial charge in [0.25, 0.3) is 0 Å². The lowest BCUT2D eigenvalue weighted by Gasteiger charge is -2.11. The molecule has 0 radical (unpaired) electrons. The van der Waals surface area contributed by atoms with Gasteiger partial charge in [0.1, 0.15) is 6.33 Å². The molecule has 0 aliphatic rings. The highest BCUT2D eigenvalue weighted by Gasteiger charge is 2.09. The van der Waals surface area contributed by atoms with Crippen molar-refractivity contribution < 1.29 is 0 Å². The Bertz CT molecular complexity index is 264. The summed E-state index contributed by atoms with van der Waals surface area (Å²) in [6, 6.07) is 0. The summed E-state index contributed by atoms with van der Waals surface area (Å²) in [7, 11) is 1.98. The molecule has 1 atom stereocenters. The molecule has 0 aromatic carbocycles. The molecule has 0 saturated heterocycles. The van der Waals surface area contributed by atoms with Crippen molar-refractivity contribution in [2.45, 2.75) is 24.9 Å². The van der Waals surface area contributed by atoms with Crippen LogP contribution >= 0.6 is 27.7 Å².